The third-order valence-corrected chi connectivity index (χ3v) is 10.3. The maximum Gasteiger partial charge on any atom is 0.169 e. The number of carbonyl (C=O) groups is 2. The van der Waals surface area contributed by atoms with Crippen molar-refractivity contribution in [3.05, 3.63) is 89.5 Å². The van der Waals surface area contributed by atoms with Crippen molar-refractivity contribution in [1.29, 1.82) is 0 Å². The van der Waals surface area contributed by atoms with Crippen molar-refractivity contribution in [1.82, 2.24) is 0 Å². The van der Waals surface area contributed by atoms with Crippen LogP contribution < -0.4 is 9.47 Å². The van der Waals surface area contributed by atoms with Gasteiger partial charge in [-0.05, 0) is 74.1 Å². The van der Waals surface area contributed by atoms with Crippen LogP contribution in [0, 0.1) is 11.8 Å². The van der Waals surface area contributed by atoms with Crippen LogP contribution in [0.25, 0.3) is 0 Å². The van der Waals surface area contributed by atoms with Crippen LogP contribution in [0.3, 0.4) is 0 Å². The van der Waals surface area contributed by atoms with Gasteiger partial charge in [-0.2, -0.15) is 0 Å². The molecule has 3 aromatic carbocycles. The number of carbonyl (C=O) groups excluding carboxylic acids is 2. The van der Waals surface area contributed by atoms with E-state index in [1.54, 1.807) is 12.1 Å². The normalized spacial score (nSPS) is 12.4. The van der Waals surface area contributed by atoms with Gasteiger partial charge >= 0.3 is 0 Å². The molecule has 3 aromatic rings. The van der Waals surface area contributed by atoms with Gasteiger partial charge in [0.15, 0.2) is 11.6 Å². The third kappa shape index (κ3) is 16.0. The Bertz CT molecular complexity index is 1400. The quantitative estimate of drug-likeness (QED) is 0.0550. The number of phenolic OH excluding ortho intramolecular Hbond substituents is 1. The summed E-state index contributed by atoms with van der Waals surface area (Å²) in [6.07, 6.45) is 21.5. The fraction of sp³-hybridized carbons (Fsp3) is 0.574. The monoisotopic (exact) mass is 713 g/mol. The largest absolute Gasteiger partial charge is 0.508 e. The number of benzene rings is 3. The van der Waals surface area contributed by atoms with E-state index >= 15 is 0 Å². The highest BCUT2D eigenvalue weighted by Crippen LogP contribution is 2.30. The Morgan fingerprint density at radius 1 is 0.500 bits per heavy atom. The molecule has 3 rings (SSSR count). The number of aromatic hydroxyl groups is 1. The molecule has 0 amide bonds. The molecule has 0 fully saturated rings. The summed E-state index contributed by atoms with van der Waals surface area (Å²) in [5.74, 6) is 1.35. The number of unbranched alkanes of at least 4 members (excludes halogenated alkanes) is 13. The molecule has 2 atom stereocenters. The molecule has 1 N–H and O–H groups in total. The van der Waals surface area contributed by atoms with E-state index in [9.17, 15) is 14.7 Å². The van der Waals surface area contributed by atoms with E-state index < -0.39 is 0 Å². The maximum atomic E-state index is 14.2. The highest BCUT2D eigenvalue weighted by molar-refractivity contribution is 6.01. The Hall–Kier alpha value is -3.60. The Morgan fingerprint density at radius 3 is 1.52 bits per heavy atom. The lowest BCUT2D eigenvalue weighted by molar-refractivity contribution is 0.0875. The first-order valence-electron chi connectivity index (χ1n) is 20.8. The Labute approximate surface area is 315 Å². The van der Waals surface area contributed by atoms with Gasteiger partial charge < -0.3 is 14.6 Å². The van der Waals surface area contributed by atoms with E-state index in [1.807, 2.05) is 60.7 Å². The summed E-state index contributed by atoms with van der Waals surface area (Å²) in [5.41, 5.74) is 2.31. The lowest BCUT2D eigenvalue weighted by Crippen LogP contribution is -2.21. The first kappa shape index (κ1) is 42.8. The molecular weight excluding hydrogens is 645 g/mol. The van der Waals surface area contributed by atoms with Crippen LogP contribution in [0.4, 0.5) is 0 Å². The van der Waals surface area contributed by atoms with Crippen LogP contribution in [0.1, 0.15) is 169 Å². The van der Waals surface area contributed by atoms with Gasteiger partial charge in [0, 0.05) is 11.8 Å². The van der Waals surface area contributed by atoms with Gasteiger partial charge in [-0.1, -0.05) is 153 Å². The number of phenols is 1. The first-order chi connectivity index (χ1) is 25.5. The summed E-state index contributed by atoms with van der Waals surface area (Å²) in [6.45, 7) is 7.64. The molecule has 0 saturated carbocycles. The van der Waals surface area contributed by atoms with Crippen LogP contribution in [0.2, 0.25) is 0 Å². The molecule has 5 heteroatoms. The molecule has 0 aliphatic rings. The van der Waals surface area contributed by atoms with Gasteiger partial charge in [-0.25, -0.2) is 0 Å². The molecule has 0 saturated heterocycles. The van der Waals surface area contributed by atoms with Crippen molar-refractivity contribution in [3.8, 4) is 17.2 Å². The zero-order chi connectivity index (χ0) is 37.2. The van der Waals surface area contributed by atoms with Crippen LogP contribution in [0.15, 0.2) is 72.8 Å². The molecule has 0 bridgehead atoms. The van der Waals surface area contributed by atoms with Crippen LogP contribution in [-0.4, -0.2) is 29.9 Å². The summed E-state index contributed by atoms with van der Waals surface area (Å²) >= 11 is 0. The van der Waals surface area contributed by atoms with E-state index in [0.717, 1.165) is 69.8 Å². The van der Waals surface area contributed by atoms with Crippen molar-refractivity contribution >= 4 is 11.6 Å². The summed E-state index contributed by atoms with van der Waals surface area (Å²) in [7, 11) is 0. The molecule has 0 heterocycles. The van der Waals surface area contributed by atoms with Crippen LogP contribution >= 0.6 is 0 Å². The van der Waals surface area contributed by atoms with E-state index in [0.29, 0.717) is 48.7 Å². The van der Waals surface area contributed by atoms with E-state index in [4.69, 9.17) is 9.47 Å². The highest BCUT2D eigenvalue weighted by Gasteiger charge is 2.25. The molecule has 0 spiro atoms. The standard InChI is InChI=1S/C47H68O5/c1-4-7-10-13-14-16-23-35-51-44-28-21-19-26-42(44)46(49)39(24-17-12-9-6-3)34-36-52-45-29-22-20-27-43(45)47(50)40(25-18-15-11-8-5-2)37-38-30-32-41(48)33-31-38/h19-22,26-33,39-40,48H,4-18,23-25,34-37H2,1-3H3. The average Bonchev–Trinajstić information content (AvgIpc) is 3.17. The second-order valence-corrected chi connectivity index (χ2v) is 14.6. The molecule has 0 aromatic heterocycles. The number of hydrogen-bond donors (Lipinski definition) is 1. The van der Waals surface area contributed by atoms with Crippen molar-refractivity contribution in [2.24, 2.45) is 11.8 Å². The lowest BCUT2D eigenvalue weighted by Gasteiger charge is -2.20. The first-order valence-corrected chi connectivity index (χ1v) is 20.8. The van der Waals surface area contributed by atoms with Gasteiger partial charge in [-0.15, -0.1) is 0 Å². The number of rotatable bonds is 30. The zero-order valence-corrected chi connectivity index (χ0v) is 32.7. The Morgan fingerprint density at radius 2 is 0.942 bits per heavy atom. The zero-order valence-electron chi connectivity index (χ0n) is 32.7. The van der Waals surface area contributed by atoms with Crippen molar-refractivity contribution in [2.75, 3.05) is 13.2 Å². The molecule has 0 aliphatic carbocycles. The van der Waals surface area contributed by atoms with Gasteiger partial charge in [-0.3, -0.25) is 9.59 Å². The van der Waals surface area contributed by atoms with Crippen molar-refractivity contribution in [3.63, 3.8) is 0 Å². The van der Waals surface area contributed by atoms with Crippen molar-refractivity contribution in [2.45, 2.75) is 149 Å². The second kappa shape index (κ2) is 26.2. The molecule has 5 nitrogen and oxygen atoms in total. The predicted molar refractivity (Wildman–Crippen MR) is 216 cm³/mol. The number of hydrogen-bond acceptors (Lipinski definition) is 5. The van der Waals surface area contributed by atoms with E-state index in [2.05, 4.69) is 20.8 Å². The van der Waals surface area contributed by atoms with Gasteiger partial charge in [0.2, 0.25) is 0 Å². The number of ether oxygens (including phenoxy) is 2. The molecule has 52 heavy (non-hydrogen) atoms. The molecule has 286 valence electrons. The van der Waals surface area contributed by atoms with Gasteiger partial charge in [0.1, 0.15) is 17.2 Å². The minimum Gasteiger partial charge on any atom is -0.508 e. The average molecular weight is 713 g/mol. The van der Waals surface area contributed by atoms with Crippen LogP contribution in [0.5, 0.6) is 17.2 Å². The van der Waals surface area contributed by atoms with Crippen LogP contribution in [-0.2, 0) is 6.42 Å². The molecule has 2 unspecified atom stereocenters. The lowest BCUT2D eigenvalue weighted by atomic mass is 9.86. The van der Waals surface area contributed by atoms with Crippen molar-refractivity contribution < 1.29 is 24.2 Å². The topological polar surface area (TPSA) is 72.8 Å². The number of para-hydroxylation sites is 2. The molecule has 0 radical (unpaired) electrons. The number of ketones is 2. The summed E-state index contributed by atoms with van der Waals surface area (Å²) < 4.78 is 12.6. The fourth-order valence-corrected chi connectivity index (χ4v) is 7.05. The minimum atomic E-state index is -0.187. The summed E-state index contributed by atoms with van der Waals surface area (Å²) in [6, 6.07) is 22.5. The second-order valence-electron chi connectivity index (χ2n) is 14.6. The Kier molecular flexibility index (Phi) is 21.6. The third-order valence-electron chi connectivity index (χ3n) is 10.3. The fourth-order valence-electron chi connectivity index (χ4n) is 7.05. The van der Waals surface area contributed by atoms with E-state index in [-0.39, 0.29) is 29.2 Å². The van der Waals surface area contributed by atoms with E-state index in [1.165, 1.54) is 51.4 Å². The predicted octanol–water partition coefficient (Wildman–Crippen LogP) is 13.2. The smallest absolute Gasteiger partial charge is 0.169 e. The molecular formula is C47H68O5. The Balaban J connectivity index is 1.68. The number of Topliss-reactive ketones (excluding diaryl/α,β-unsaturated/α-hetero) is 2. The van der Waals surface area contributed by atoms with Gasteiger partial charge in [0.05, 0.1) is 24.3 Å². The molecule has 0 aliphatic heterocycles. The minimum absolute atomic E-state index is 0.0957. The SMILES string of the molecule is CCCCCCCCCOc1ccccc1C(=O)C(CCCCCC)CCOc1ccccc1C(=O)C(CCCCCCC)Cc1ccc(O)cc1. The maximum absolute atomic E-state index is 14.2. The van der Waals surface area contributed by atoms with Gasteiger partial charge in [0.25, 0.3) is 0 Å². The summed E-state index contributed by atoms with van der Waals surface area (Å²) in [4.78, 5) is 28.3. The highest BCUT2D eigenvalue weighted by atomic mass is 16.5. The summed E-state index contributed by atoms with van der Waals surface area (Å²) in [5, 5.41) is 9.81.